The third-order valence-electron chi connectivity index (χ3n) is 11.2. The first-order chi connectivity index (χ1) is 27.8. The molecular weight excluding hydrogens is 703 g/mol. The van der Waals surface area contributed by atoms with Gasteiger partial charge in [-0.05, 0) is 66.7 Å². The maximum atomic E-state index is 4.84. The molecule has 0 spiro atoms. The largest absolute Gasteiger partial charge is 0.307 e. The van der Waals surface area contributed by atoms with Gasteiger partial charge in [0.25, 0.3) is 0 Å². The minimum atomic E-state index is 0.798. The SMILES string of the molecule is c1ccc(-c2nnc(-c3ccc4c(c3)c3ccccc3n4-c3ccccc3-n3c4ccccc4c4c5sc6ccccc6c5ccc43)n2-c2ccccc2)cc1. The number of nitrogens with zero attached hydrogens (tertiary/aromatic N) is 5. The van der Waals surface area contributed by atoms with Crippen molar-refractivity contribution in [2.75, 3.05) is 0 Å². The van der Waals surface area contributed by atoms with Gasteiger partial charge < -0.3 is 9.13 Å². The van der Waals surface area contributed by atoms with Crippen LogP contribution < -0.4 is 0 Å². The van der Waals surface area contributed by atoms with Gasteiger partial charge in [0, 0.05) is 58.5 Å². The Bertz CT molecular complexity index is 3480. The monoisotopic (exact) mass is 733 g/mol. The molecular formula is C50H31N5S. The van der Waals surface area contributed by atoms with Crippen molar-refractivity contribution in [3.63, 3.8) is 0 Å². The Kier molecular flexibility index (Phi) is 6.73. The van der Waals surface area contributed by atoms with Crippen molar-refractivity contribution in [1.82, 2.24) is 23.9 Å². The lowest BCUT2D eigenvalue weighted by Crippen LogP contribution is -2.03. The molecule has 4 aromatic heterocycles. The number of aromatic nitrogens is 5. The first-order valence-corrected chi connectivity index (χ1v) is 19.7. The zero-order valence-electron chi connectivity index (χ0n) is 30.0. The normalized spacial score (nSPS) is 11.9. The molecule has 0 aliphatic rings. The molecule has 0 radical (unpaired) electrons. The van der Waals surface area contributed by atoms with Gasteiger partial charge in [-0.3, -0.25) is 4.57 Å². The topological polar surface area (TPSA) is 40.6 Å². The fourth-order valence-corrected chi connectivity index (χ4v) is 10.0. The number of para-hydroxylation sites is 5. The Balaban J connectivity index is 1.10. The number of benzene rings is 8. The van der Waals surface area contributed by atoms with E-state index < -0.39 is 0 Å². The van der Waals surface area contributed by atoms with E-state index in [1.807, 2.05) is 35.6 Å². The minimum Gasteiger partial charge on any atom is -0.307 e. The lowest BCUT2D eigenvalue weighted by atomic mass is 10.1. The molecule has 0 amide bonds. The fourth-order valence-electron chi connectivity index (χ4n) is 8.78. The lowest BCUT2D eigenvalue weighted by Gasteiger charge is -2.16. The number of thiophene rings is 1. The summed E-state index contributed by atoms with van der Waals surface area (Å²) in [5.41, 5.74) is 9.95. The minimum absolute atomic E-state index is 0.798. The van der Waals surface area contributed by atoms with Crippen LogP contribution in [0.4, 0.5) is 0 Å². The van der Waals surface area contributed by atoms with E-state index in [9.17, 15) is 0 Å². The second-order valence-electron chi connectivity index (χ2n) is 14.2. The summed E-state index contributed by atoms with van der Waals surface area (Å²) in [5.74, 6) is 1.61. The van der Waals surface area contributed by atoms with Gasteiger partial charge in [-0.15, -0.1) is 21.5 Å². The van der Waals surface area contributed by atoms with Gasteiger partial charge in [-0.2, -0.15) is 0 Å². The summed E-state index contributed by atoms with van der Waals surface area (Å²) in [4.78, 5) is 0. The highest BCUT2D eigenvalue weighted by Crippen LogP contribution is 2.45. The summed E-state index contributed by atoms with van der Waals surface area (Å²) in [6.45, 7) is 0. The fraction of sp³-hybridized carbons (Fsp3) is 0. The molecule has 12 aromatic rings. The van der Waals surface area contributed by atoms with E-state index in [2.05, 4.69) is 177 Å². The van der Waals surface area contributed by atoms with Crippen molar-refractivity contribution in [3.8, 4) is 39.8 Å². The molecule has 56 heavy (non-hydrogen) atoms. The highest BCUT2D eigenvalue weighted by Gasteiger charge is 2.23. The molecule has 8 aromatic carbocycles. The van der Waals surface area contributed by atoms with Gasteiger partial charge in [-0.25, -0.2) is 0 Å². The molecule has 0 atom stereocenters. The highest BCUT2D eigenvalue weighted by molar-refractivity contribution is 7.26. The molecule has 6 heteroatoms. The lowest BCUT2D eigenvalue weighted by molar-refractivity contribution is 1.07. The predicted octanol–water partition coefficient (Wildman–Crippen LogP) is 13.2. The summed E-state index contributed by atoms with van der Waals surface area (Å²) < 4.78 is 9.71. The van der Waals surface area contributed by atoms with E-state index in [-0.39, 0.29) is 0 Å². The molecule has 0 fully saturated rings. The predicted molar refractivity (Wildman–Crippen MR) is 234 cm³/mol. The van der Waals surface area contributed by atoms with Crippen molar-refractivity contribution in [3.05, 3.63) is 188 Å². The Morgan fingerprint density at radius 1 is 0.357 bits per heavy atom. The molecule has 12 rings (SSSR count). The van der Waals surface area contributed by atoms with Gasteiger partial charge in [0.15, 0.2) is 11.6 Å². The third kappa shape index (κ3) is 4.48. The summed E-state index contributed by atoms with van der Waals surface area (Å²) in [5, 5.41) is 17.1. The number of hydrogen-bond acceptors (Lipinski definition) is 3. The average Bonchev–Trinajstić information content (AvgIpc) is 4.03. The highest BCUT2D eigenvalue weighted by atomic mass is 32.1. The van der Waals surface area contributed by atoms with Crippen LogP contribution in [-0.2, 0) is 0 Å². The van der Waals surface area contributed by atoms with Crippen LogP contribution in [-0.4, -0.2) is 23.9 Å². The van der Waals surface area contributed by atoms with Crippen LogP contribution in [0.1, 0.15) is 0 Å². The second kappa shape index (κ2) is 12.1. The maximum Gasteiger partial charge on any atom is 0.168 e. The summed E-state index contributed by atoms with van der Waals surface area (Å²) in [7, 11) is 0. The molecule has 0 saturated carbocycles. The smallest absolute Gasteiger partial charge is 0.168 e. The van der Waals surface area contributed by atoms with Crippen molar-refractivity contribution >= 4 is 75.1 Å². The standard InChI is InChI=1S/C50H31N5S/c1-3-15-32(16-4-1)49-51-52-50(53(49)34-17-5-2-6-18-34)33-27-29-42-39(31-33)35-19-7-10-22-40(35)54(42)43-24-12-13-25-44(43)55-41-23-11-8-21-38(41)47-45(55)30-28-37-36-20-9-14-26-46(36)56-48(37)47/h1-31H. The average molecular weight is 734 g/mol. The Morgan fingerprint density at radius 2 is 0.911 bits per heavy atom. The molecule has 4 heterocycles. The van der Waals surface area contributed by atoms with Gasteiger partial charge in [0.2, 0.25) is 0 Å². The van der Waals surface area contributed by atoms with Crippen molar-refractivity contribution in [2.24, 2.45) is 0 Å². The molecule has 0 saturated heterocycles. The van der Waals surface area contributed by atoms with E-state index >= 15 is 0 Å². The maximum absolute atomic E-state index is 4.84. The second-order valence-corrected chi connectivity index (χ2v) is 15.3. The van der Waals surface area contributed by atoms with E-state index in [0.717, 1.165) is 56.3 Å². The summed E-state index contributed by atoms with van der Waals surface area (Å²) in [6.07, 6.45) is 0. The Morgan fingerprint density at radius 3 is 1.68 bits per heavy atom. The first kappa shape index (κ1) is 31.1. The Labute approximate surface area is 325 Å². The van der Waals surface area contributed by atoms with Crippen LogP contribution in [0.2, 0.25) is 0 Å². The van der Waals surface area contributed by atoms with Crippen LogP contribution in [0.3, 0.4) is 0 Å². The third-order valence-corrected chi connectivity index (χ3v) is 12.4. The van der Waals surface area contributed by atoms with Crippen molar-refractivity contribution < 1.29 is 0 Å². The van der Waals surface area contributed by atoms with E-state index in [1.165, 1.54) is 47.4 Å². The molecule has 0 unspecified atom stereocenters. The van der Waals surface area contributed by atoms with Crippen LogP contribution in [0.25, 0.3) is 104 Å². The van der Waals surface area contributed by atoms with E-state index in [1.54, 1.807) is 0 Å². The molecule has 5 nitrogen and oxygen atoms in total. The zero-order chi connectivity index (χ0) is 36.7. The number of fused-ring (bicyclic) bond motifs is 10. The summed E-state index contributed by atoms with van der Waals surface area (Å²) >= 11 is 1.89. The molecule has 0 N–H and O–H groups in total. The van der Waals surface area contributed by atoms with Gasteiger partial charge in [0.05, 0.1) is 33.4 Å². The molecule has 0 aliphatic heterocycles. The molecule has 0 aliphatic carbocycles. The Hall–Kier alpha value is -7.28. The van der Waals surface area contributed by atoms with Crippen molar-refractivity contribution in [1.29, 1.82) is 0 Å². The summed E-state index contributed by atoms with van der Waals surface area (Å²) in [6, 6.07) is 67.2. The number of hydrogen-bond donors (Lipinski definition) is 0. The van der Waals surface area contributed by atoms with Crippen LogP contribution >= 0.6 is 11.3 Å². The van der Waals surface area contributed by atoms with E-state index in [4.69, 9.17) is 10.2 Å². The van der Waals surface area contributed by atoms with Crippen molar-refractivity contribution in [2.45, 2.75) is 0 Å². The van der Waals surface area contributed by atoms with Crippen LogP contribution in [0.5, 0.6) is 0 Å². The van der Waals surface area contributed by atoms with Gasteiger partial charge in [0.1, 0.15) is 0 Å². The molecule has 0 bridgehead atoms. The number of rotatable bonds is 5. The molecule has 262 valence electrons. The quantitative estimate of drug-likeness (QED) is 0.177. The van der Waals surface area contributed by atoms with Gasteiger partial charge >= 0.3 is 0 Å². The van der Waals surface area contributed by atoms with Crippen LogP contribution in [0, 0.1) is 0 Å². The zero-order valence-corrected chi connectivity index (χ0v) is 30.9. The van der Waals surface area contributed by atoms with E-state index in [0.29, 0.717) is 0 Å². The first-order valence-electron chi connectivity index (χ1n) is 18.8. The van der Waals surface area contributed by atoms with Crippen LogP contribution in [0.15, 0.2) is 188 Å². The van der Waals surface area contributed by atoms with Gasteiger partial charge in [-0.1, -0.05) is 121 Å².